The first-order valence-corrected chi connectivity index (χ1v) is 5.05. The van der Waals surface area contributed by atoms with Gasteiger partial charge in [0.2, 0.25) is 6.10 Å². The van der Waals surface area contributed by atoms with E-state index in [0.29, 0.717) is 6.42 Å². The van der Waals surface area contributed by atoms with Gasteiger partial charge in [0.1, 0.15) is 0 Å². The van der Waals surface area contributed by atoms with E-state index in [9.17, 15) is 4.79 Å². The Balaban J connectivity index is 2.16. The normalized spacial score (nSPS) is 18.8. The molecule has 1 atom stereocenters. The Labute approximate surface area is 93.7 Å². The summed E-state index contributed by atoms with van der Waals surface area (Å²) in [4.78, 5) is 11.0. The predicted octanol–water partition coefficient (Wildman–Crippen LogP) is 2.15. The van der Waals surface area contributed by atoms with E-state index in [1.807, 2.05) is 30.3 Å². The molecule has 0 radical (unpaired) electrons. The Kier molecular flexibility index (Phi) is 3.05. The summed E-state index contributed by atoms with van der Waals surface area (Å²) in [5.41, 5.74) is 1.85. The highest BCUT2D eigenvalue weighted by atomic mass is 16.5. The minimum atomic E-state index is -0.952. The van der Waals surface area contributed by atoms with E-state index < -0.39 is 12.1 Å². The van der Waals surface area contributed by atoms with Crippen LogP contribution in [0.1, 0.15) is 5.56 Å². The molecule has 1 aliphatic rings. The van der Waals surface area contributed by atoms with Crippen molar-refractivity contribution in [2.75, 3.05) is 0 Å². The topological polar surface area (TPSA) is 46.5 Å². The zero-order chi connectivity index (χ0) is 11.4. The Hall–Kier alpha value is -2.03. The molecule has 1 aromatic rings. The molecule has 1 unspecified atom stereocenters. The van der Waals surface area contributed by atoms with Crippen molar-refractivity contribution in [2.24, 2.45) is 0 Å². The second-order valence-corrected chi connectivity index (χ2v) is 3.59. The van der Waals surface area contributed by atoms with Gasteiger partial charge in [-0.3, -0.25) is 0 Å². The summed E-state index contributed by atoms with van der Waals surface area (Å²) in [5, 5.41) is 8.99. The van der Waals surface area contributed by atoms with Crippen LogP contribution in [0.3, 0.4) is 0 Å². The molecule has 82 valence electrons. The first kappa shape index (κ1) is 10.5. The highest BCUT2D eigenvalue weighted by Crippen LogP contribution is 2.18. The molecule has 1 aliphatic heterocycles. The molecule has 0 aliphatic carbocycles. The van der Waals surface area contributed by atoms with Crippen LogP contribution in [0.15, 0.2) is 54.3 Å². The van der Waals surface area contributed by atoms with Crippen LogP contribution in [0.5, 0.6) is 0 Å². The average molecular weight is 216 g/mol. The third kappa shape index (κ3) is 2.31. The van der Waals surface area contributed by atoms with Crippen LogP contribution in [0.2, 0.25) is 0 Å². The van der Waals surface area contributed by atoms with Crippen molar-refractivity contribution in [1.82, 2.24) is 0 Å². The Morgan fingerprint density at radius 1 is 1.31 bits per heavy atom. The standard InChI is InChI=1S/C13H12O3/c14-13(15)12-11(7-4-8-16-12)9-10-5-2-1-3-6-10/h1-8,12H,9H2,(H,14,15). The van der Waals surface area contributed by atoms with Gasteiger partial charge in [0.05, 0.1) is 6.26 Å². The van der Waals surface area contributed by atoms with Crippen molar-refractivity contribution in [3.05, 3.63) is 59.9 Å². The van der Waals surface area contributed by atoms with E-state index in [-0.39, 0.29) is 0 Å². The Morgan fingerprint density at radius 2 is 2.06 bits per heavy atom. The van der Waals surface area contributed by atoms with Gasteiger partial charge in [0.25, 0.3) is 0 Å². The molecule has 0 bridgehead atoms. The third-order valence-electron chi connectivity index (χ3n) is 2.42. The number of carboxylic acid groups (broad SMARTS) is 1. The molecular weight excluding hydrogens is 204 g/mol. The Bertz CT molecular complexity index is 432. The van der Waals surface area contributed by atoms with Gasteiger partial charge in [-0.05, 0) is 23.6 Å². The molecule has 3 nitrogen and oxygen atoms in total. The van der Waals surface area contributed by atoms with Crippen molar-refractivity contribution < 1.29 is 14.6 Å². The lowest BCUT2D eigenvalue weighted by Gasteiger charge is -2.18. The maximum absolute atomic E-state index is 11.0. The molecule has 0 saturated heterocycles. The quantitative estimate of drug-likeness (QED) is 0.842. The molecule has 1 heterocycles. The third-order valence-corrected chi connectivity index (χ3v) is 2.42. The Morgan fingerprint density at radius 3 is 2.75 bits per heavy atom. The van der Waals surface area contributed by atoms with Crippen molar-refractivity contribution in [3.8, 4) is 0 Å². The van der Waals surface area contributed by atoms with E-state index in [1.54, 1.807) is 12.2 Å². The van der Waals surface area contributed by atoms with Crippen molar-refractivity contribution >= 4 is 5.97 Å². The molecule has 0 spiro atoms. The van der Waals surface area contributed by atoms with Crippen LogP contribution >= 0.6 is 0 Å². The number of carbonyl (C=O) groups is 1. The van der Waals surface area contributed by atoms with Gasteiger partial charge >= 0.3 is 5.97 Å². The van der Waals surface area contributed by atoms with Gasteiger partial charge < -0.3 is 9.84 Å². The van der Waals surface area contributed by atoms with Crippen LogP contribution in [-0.4, -0.2) is 17.2 Å². The van der Waals surface area contributed by atoms with E-state index in [2.05, 4.69) is 0 Å². The molecule has 0 fully saturated rings. The summed E-state index contributed by atoms with van der Waals surface area (Å²) >= 11 is 0. The summed E-state index contributed by atoms with van der Waals surface area (Å²) in [6.45, 7) is 0. The predicted molar refractivity (Wildman–Crippen MR) is 59.9 cm³/mol. The number of benzene rings is 1. The summed E-state index contributed by atoms with van der Waals surface area (Å²) in [7, 11) is 0. The number of aliphatic carboxylic acids is 1. The lowest BCUT2D eigenvalue weighted by Crippen LogP contribution is -2.26. The fourth-order valence-corrected chi connectivity index (χ4v) is 1.66. The molecule has 2 rings (SSSR count). The summed E-state index contributed by atoms with van der Waals surface area (Å²) in [5.74, 6) is -0.952. The van der Waals surface area contributed by atoms with Gasteiger partial charge in [-0.1, -0.05) is 36.4 Å². The molecule has 1 aromatic carbocycles. The summed E-state index contributed by atoms with van der Waals surface area (Å²) in [6, 6.07) is 9.75. The molecule has 1 N–H and O–H groups in total. The largest absolute Gasteiger partial charge is 0.482 e. The number of carboxylic acids is 1. The van der Waals surface area contributed by atoms with Crippen LogP contribution < -0.4 is 0 Å². The number of rotatable bonds is 3. The molecule has 3 heteroatoms. The minimum absolute atomic E-state index is 0.599. The van der Waals surface area contributed by atoms with E-state index in [4.69, 9.17) is 9.84 Å². The molecule has 16 heavy (non-hydrogen) atoms. The second-order valence-electron chi connectivity index (χ2n) is 3.59. The van der Waals surface area contributed by atoms with Gasteiger partial charge in [0.15, 0.2) is 0 Å². The van der Waals surface area contributed by atoms with Crippen LogP contribution in [0, 0.1) is 0 Å². The molecular formula is C13H12O3. The fraction of sp³-hybridized carbons (Fsp3) is 0.154. The number of hydrogen-bond acceptors (Lipinski definition) is 2. The van der Waals surface area contributed by atoms with Crippen molar-refractivity contribution in [1.29, 1.82) is 0 Å². The van der Waals surface area contributed by atoms with Crippen LogP contribution in [0.25, 0.3) is 0 Å². The van der Waals surface area contributed by atoms with Crippen molar-refractivity contribution in [2.45, 2.75) is 12.5 Å². The van der Waals surface area contributed by atoms with Gasteiger partial charge in [-0.2, -0.15) is 0 Å². The smallest absolute Gasteiger partial charge is 0.349 e. The SMILES string of the molecule is O=C(O)C1OC=CC=C1Cc1ccccc1. The first-order valence-electron chi connectivity index (χ1n) is 5.05. The minimum Gasteiger partial charge on any atom is -0.482 e. The maximum atomic E-state index is 11.0. The maximum Gasteiger partial charge on any atom is 0.349 e. The molecule has 0 amide bonds. The molecule has 0 saturated carbocycles. The fourth-order valence-electron chi connectivity index (χ4n) is 1.66. The number of ether oxygens (including phenoxy) is 1. The van der Waals surface area contributed by atoms with E-state index in [1.165, 1.54) is 6.26 Å². The summed E-state index contributed by atoms with van der Waals surface area (Å²) < 4.78 is 5.08. The van der Waals surface area contributed by atoms with Crippen molar-refractivity contribution in [3.63, 3.8) is 0 Å². The second kappa shape index (κ2) is 4.66. The monoisotopic (exact) mass is 216 g/mol. The lowest BCUT2D eigenvalue weighted by molar-refractivity contribution is -0.145. The van der Waals surface area contributed by atoms with E-state index >= 15 is 0 Å². The van der Waals surface area contributed by atoms with Gasteiger partial charge in [0, 0.05) is 0 Å². The summed E-state index contributed by atoms with van der Waals surface area (Å²) in [6.07, 6.45) is 4.67. The number of allylic oxidation sites excluding steroid dienone is 2. The zero-order valence-electron chi connectivity index (χ0n) is 8.67. The van der Waals surface area contributed by atoms with Crippen LogP contribution in [0.4, 0.5) is 0 Å². The highest BCUT2D eigenvalue weighted by Gasteiger charge is 2.24. The van der Waals surface area contributed by atoms with Gasteiger partial charge in [-0.15, -0.1) is 0 Å². The van der Waals surface area contributed by atoms with Crippen LogP contribution in [-0.2, 0) is 16.0 Å². The zero-order valence-corrected chi connectivity index (χ0v) is 8.67. The lowest BCUT2D eigenvalue weighted by atomic mass is 9.99. The molecule has 0 aromatic heterocycles. The first-order chi connectivity index (χ1) is 7.77. The van der Waals surface area contributed by atoms with E-state index in [0.717, 1.165) is 11.1 Å². The highest BCUT2D eigenvalue weighted by molar-refractivity contribution is 5.77. The van der Waals surface area contributed by atoms with Gasteiger partial charge in [-0.25, -0.2) is 4.79 Å². The average Bonchev–Trinajstić information content (AvgIpc) is 2.31. The number of hydrogen-bond donors (Lipinski definition) is 1.